The predicted octanol–water partition coefficient (Wildman–Crippen LogP) is 3.62. The Bertz CT molecular complexity index is 453. The molecule has 1 aliphatic carbocycles. The van der Waals surface area contributed by atoms with Crippen LogP contribution in [0.4, 0.5) is 4.39 Å². The summed E-state index contributed by atoms with van der Waals surface area (Å²) in [5.41, 5.74) is -0.0216. The second kappa shape index (κ2) is 5.89. The number of nitrogens with one attached hydrogen (secondary N) is 1. The molecule has 1 fully saturated rings. The van der Waals surface area contributed by atoms with Gasteiger partial charge in [0.05, 0.1) is 10.6 Å². The van der Waals surface area contributed by atoms with Crippen LogP contribution in [-0.2, 0) is 0 Å². The summed E-state index contributed by atoms with van der Waals surface area (Å²) >= 11 is 11.7. The molecule has 2 unspecified atom stereocenters. The monoisotopic (exact) mass is 289 g/mol. The van der Waals surface area contributed by atoms with Crippen molar-refractivity contribution in [2.45, 2.75) is 24.6 Å². The Balaban J connectivity index is 1.97. The van der Waals surface area contributed by atoms with E-state index in [9.17, 15) is 9.18 Å². The second-order valence-electron chi connectivity index (χ2n) is 4.52. The minimum Gasteiger partial charge on any atom is -0.352 e. The van der Waals surface area contributed by atoms with Crippen LogP contribution in [0.2, 0.25) is 5.02 Å². The first-order chi connectivity index (χ1) is 8.59. The smallest absolute Gasteiger partial charge is 0.254 e. The zero-order chi connectivity index (χ0) is 13.1. The van der Waals surface area contributed by atoms with Gasteiger partial charge in [0.1, 0.15) is 0 Å². The van der Waals surface area contributed by atoms with Gasteiger partial charge in [0.25, 0.3) is 5.91 Å². The molecule has 0 bridgehead atoms. The molecule has 98 valence electrons. The number of halogens is 3. The Hall–Kier alpha value is -0.800. The van der Waals surface area contributed by atoms with Crippen molar-refractivity contribution in [3.63, 3.8) is 0 Å². The van der Waals surface area contributed by atoms with E-state index in [1.807, 2.05) is 0 Å². The van der Waals surface area contributed by atoms with Crippen LogP contribution in [0.25, 0.3) is 0 Å². The van der Waals surface area contributed by atoms with Gasteiger partial charge in [0.15, 0.2) is 5.82 Å². The maximum absolute atomic E-state index is 13.6. The third kappa shape index (κ3) is 2.96. The summed E-state index contributed by atoms with van der Waals surface area (Å²) in [5.74, 6) is -0.839. The van der Waals surface area contributed by atoms with Crippen LogP contribution in [0, 0.1) is 11.7 Å². The van der Waals surface area contributed by atoms with Gasteiger partial charge >= 0.3 is 0 Å². The molecule has 1 amide bonds. The van der Waals surface area contributed by atoms with Crippen LogP contribution < -0.4 is 5.32 Å². The maximum Gasteiger partial charge on any atom is 0.254 e. The van der Waals surface area contributed by atoms with E-state index in [4.69, 9.17) is 23.2 Å². The summed E-state index contributed by atoms with van der Waals surface area (Å²) in [6.07, 6.45) is 3.07. The Labute approximate surface area is 115 Å². The van der Waals surface area contributed by atoms with Crippen LogP contribution in [-0.4, -0.2) is 17.8 Å². The number of rotatable bonds is 3. The van der Waals surface area contributed by atoms with Crippen molar-refractivity contribution in [2.75, 3.05) is 6.54 Å². The van der Waals surface area contributed by atoms with Crippen LogP contribution in [0.1, 0.15) is 29.6 Å². The second-order valence-corrected chi connectivity index (χ2v) is 5.49. The van der Waals surface area contributed by atoms with E-state index >= 15 is 0 Å². The Morgan fingerprint density at radius 3 is 2.89 bits per heavy atom. The molecule has 0 radical (unpaired) electrons. The number of carbonyl (C=O) groups excluding carboxylic acids is 1. The van der Waals surface area contributed by atoms with Gasteiger partial charge in [0.2, 0.25) is 0 Å². The molecule has 1 saturated carbocycles. The van der Waals surface area contributed by atoms with Gasteiger partial charge in [-0.25, -0.2) is 4.39 Å². The number of alkyl halides is 1. The summed E-state index contributed by atoms with van der Waals surface area (Å²) < 4.78 is 13.6. The largest absolute Gasteiger partial charge is 0.352 e. The highest BCUT2D eigenvalue weighted by Crippen LogP contribution is 2.29. The van der Waals surface area contributed by atoms with Crippen molar-refractivity contribution < 1.29 is 9.18 Å². The number of amides is 1. The molecular weight excluding hydrogens is 276 g/mol. The van der Waals surface area contributed by atoms with E-state index in [1.165, 1.54) is 12.1 Å². The summed E-state index contributed by atoms with van der Waals surface area (Å²) in [6, 6.07) is 4.39. The Morgan fingerprint density at radius 1 is 1.44 bits per heavy atom. The first kappa shape index (κ1) is 13.6. The van der Waals surface area contributed by atoms with Crippen molar-refractivity contribution >= 4 is 29.1 Å². The van der Waals surface area contributed by atoms with E-state index in [0.717, 1.165) is 19.3 Å². The lowest BCUT2D eigenvalue weighted by atomic mass is 10.1. The topological polar surface area (TPSA) is 29.1 Å². The lowest BCUT2D eigenvalue weighted by molar-refractivity contribution is 0.0943. The molecule has 2 atom stereocenters. The van der Waals surface area contributed by atoms with Crippen LogP contribution in [0.15, 0.2) is 18.2 Å². The van der Waals surface area contributed by atoms with Gasteiger partial charge in [-0.05, 0) is 30.9 Å². The fourth-order valence-electron chi connectivity index (χ4n) is 2.22. The lowest BCUT2D eigenvalue weighted by Crippen LogP contribution is -2.31. The van der Waals surface area contributed by atoms with Crippen molar-refractivity contribution in [3.05, 3.63) is 34.6 Å². The molecule has 0 aromatic heterocycles. The molecule has 5 heteroatoms. The van der Waals surface area contributed by atoms with E-state index in [1.54, 1.807) is 6.07 Å². The molecular formula is C13H14Cl2FNO. The van der Waals surface area contributed by atoms with Gasteiger partial charge in [0, 0.05) is 11.9 Å². The standard InChI is InChI=1S/C13H14Cl2FNO/c14-10-5-1-3-8(10)7-17-13(18)9-4-2-6-11(15)12(9)16/h2,4,6,8,10H,1,3,5,7H2,(H,17,18). The van der Waals surface area contributed by atoms with Gasteiger partial charge in [-0.1, -0.05) is 24.1 Å². The van der Waals surface area contributed by atoms with Gasteiger partial charge in [-0.3, -0.25) is 4.79 Å². The zero-order valence-electron chi connectivity index (χ0n) is 9.76. The van der Waals surface area contributed by atoms with Crippen molar-refractivity contribution in [1.82, 2.24) is 5.32 Å². The Kier molecular flexibility index (Phi) is 4.46. The predicted molar refractivity (Wildman–Crippen MR) is 70.7 cm³/mol. The molecule has 1 aromatic carbocycles. The Morgan fingerprint density at radius 2 is 2.22 bits per heavy atom. The number of carbonyl (C=O) groups is 1. The molecule has 1 N–H and O–H groups in total. The van der Waals surface area contributed by atoms with E-state index in [2.05, 4.69) is 5.32 Å². The van der Waals surface area contributed by atoms with Crippen LogP contribution in [0.3, 0.4) is 0 Å². The van der Waals surface area contributed by atoms with Crippen molar-refractivity contribution in [3.8, 4) is 0 Å². The molecule has 18 heavy (non-hydrogen) atoms. The summed E-state index contributed by atoms with van der Waals surface area (Å²) in [5, 5.41) is 2.78. The van der Waals surface area contributed by atoms with E-state index in [0.29, 0.717) is 6.54 Å². The van der Waals surface area contributed by atoms with E-state index in [-0.39, 0.29) is 21.9 Å². The average Bonchev–Trinajstić information content (AvgIpc) is 2.75. The van der Waals surface area contributed by atoms with Crippen molar-refractivity contribution in [1.29, 1.82) is 0 Å². The molecule has 0 spiro atoms. The molecule has 1 aliphatic rings. The van der Waals surface area contributed by atoms with Gasteiger partial charge < -0.3 is 5.32 Å². The fraction of sp³-hybridized carbons (Fsp3) is 0.462. The highest BCUT2D eigenvalue weighted by molar-refractivity contribution is 6.31. The highest BCUT2D eigenvalue weighted by atomic mass is 35.5. The van der Waals surface area contributed by atoms with E-state index < -0.39 is 11.7 Å². The molecule has 1 aromatic rings. The lowest BCUT2D eigenvalue weighted by Gasteiger charge is -2.14. The third-order valence-electron chi connectivity index (χ3n) is 3.29. The summed E-state index contributed by atoms with van der Waals surface area (Å²) in [6.45, 7) is 0.485. The normalized spacial score (nSPS) is 23.1. The maximum atomic E-state index is 13.6. The molecule has 0 heterocycles. The number of hydrogen-bond donors (Lipinski definition) is 1. The minimum atomic E-state index is -0.675. The van der Waals surface area contributed by atoms with Gasteiger partial charge in [-0.15, -0.1) is 11.6 Å². The van der Waals surface area contributed by atoms with Crippen molar-refractivity contribution in [2.24, 2.45) is 5.92 Å². The molecule has 2 rings (SSSR count). The zero-order valence-corrected chi connectivity index (χ0v) is 11.3. The quantitative estimate of drug-likeness (QED) is 0.846. The fourth-order valence-corrected chi connectivity index (χ4v) is 2.76. The number of hydrogen-bond acceptors (Lipinski definition) is 1. The molecule has 0 saturated heterocycles. The van der Waals surface area contributed by atoms with Crippen LogP contribution >= 0.6 is 23.2 Å². The molecule has 0 aliphatic heterocycles. The molecule has 2 nitrogen and oxygen atoms in total. The SMILES string of the molecule is O=C(NCC1CCCC1Cl)c1cccc(Cl)c1F. The number of benzene rings is 1. The van der Waals surface area contributed by atoms with Gasteiger partial charge in [-0.2, -0.15) is 0 Å². The summed E-state index contributed by atoms with van der Waals surface area (Å²) in [4.78, 5) is 11.8. The first-order valence-corrected chi connectivity index (χ1v) is 6.77. The highest BCUT2D eigenvalue weighted by Gasteiger charge is 2.26. The minimum absolute atomic E-state index is 0.0216. The first-order valence-electron chi connectivity index (χ1n) is 5.96. The van der Waals surface area contributed by atoms with Crippen LogP contribution in [0.5, 0.6) is 0 Å². The average molecular weight is 290 g/mol. The third-order valence-corrected chi connectivity index (χ3v) is 4.15. The summed E-state index contributed by atoms with van der Waals surface area (Å²) in [7, 11) is 0.